The van der Waals surface area contributed by atoms with Gasteiger partial charge >= 0.3 is 0 Å². The lowest BCUT2D eigenvalue weighted by Crippen LogP contribution is -2.25. The second-order valence-electron chi connectivity index (χ2n) is 7.53. The van der Waals surface area contributed by atoms with Crippen molar-refractivity contribution in [2.45, 2.75) is 43.4 Å². The zero-order valence-corrected chi connectivity index (χ0v) is 17.3. The highest BCUT2D eigenvalue weighted by atomic mass is 32.2. The van der Waals surface area contributed by atoms with Gasteiger partial charge in [0.2, 0.25) is 5.88 Å². The van der Waals surface area contributed by atoms with Crippen LogP contribution >= 0.6 is 0 Å². The third kappa shape index (κ3) is 4.00. The van der Waals surface area contributed by atoms with Gasteiger partial charge in [-0.05, 0) is 61.1 Å². The summed E-state index contributed by atoms with van der Waals surface area (Å²) in [7, 11) is -2.18. The van der Waals surface area contributed by atoms with Gasteiger partial charge in [0.1, 0.15) is 5.69 Å². The topological polar surface area (TPSA) is 71.5 Å². The number of hydrogen-bond acceptors (Lipinski definition) is 5. The number of likely N-dealkylation sites (N-methyl/N-ethyl adjacent to an activating group) is 1. The molecular weight excluding hydrogens is 374 g/mol. The summed E-state index contributed by atoms with van der Waals surface area (Å²) in [5, 5.41) is 0. The number of hydrogen-bond donors (Lipinski definition) is 1. The molecule has 4 rings (SSSR count). The lowest BCUT2D eigenvalue weighted by Gasteiger charge is -2.15. The molecule has 0 bridgehead atoms. The molecular formula is C21H27N3O3S. The molecule has 2 aliphatic rings. The van der Waals surface area contributed by atoms with Gasteiger partial charge in [-0.25, -0.2) is 13.4 Å². The number of pyridine rings is 1. The van der Waals surface area contributed by atoms with Gasteiger partial charge in [0.25, 0.3) is 10.0 Å². The Morgan fingerprint density at radius 3 is 2.54 bits per heavy atom. The summed E-state index contributed by atoms with van der Waals surface area (Å²) in [5.74, 6) is 0.920. The van der Waals surface area contributed by atoms with E-state index in [0.717, 1.165) is 43.7 Å². The number of fused-ring (bicyclic) bond motifs is 1. The molecule has 1 saturated carbocycles. The molecule has 1 fully saturated rings. The largest absolute Gasteiger partial charge is 0.479 e. The fourth-order valence-electron chi connectivity index (χ4n) is 3.75. The van der Waals surface area contributed by atoms with Crippen LogP contribution in [0.1, 0.15) is 42.5 Å². The quantitative estimate of drug-likeness (QED) is 0.805. The average molecular weight is 402 g/mol. The molecule has 150 valence electrons. The van der Waals surface area contributed by atoms with Gasteiger partial charge in [-0.1, -0.05) is 19.1 Å². The predicted octanol–water partition coefficient (Wildman–Crippen LogP) is 3.19. The van der Waals surface area contributed by atoms with Gasteiger partial charge in [-0.3, -0.25) is 4.72 Å². The van der Waals surface area contributed by atoms with E-state index in [4.69, 9.17) is 4.74 Å². The first-order chi connectivity index (χ1) is 13.5. The van der Waals surface area contributed by atoms with Gasteiger partial charge in [0, 0.05) is 25.2 Å². The molecule has 7 heteroatoms. The minimum atomic E-state index is -3.70. The number of methoxy groups -OCH3 is 1. The molecule has 28 heavy (non-hydrogen) atoms. The highest BCUT2D eigenvalue weighted by Gasteiger charge is 2.25. The SMILES string of the molecule is CCN1CCc2cc(NS(=O)(=O)c3ccc(C4CC4)cc3)c(OC)nc2CC1. The summed E-state index contributed by atoms with van der Waals surface area (Å²) < 4.78 is 33.9. The van der Waals surface area contributed by atoms with Crippen molar-refractivity contribution in [3.8, 4) is 5.88 Å². The normalized spacial score (nSPS) is 17.6. The van der Waals surface area contributed by atoms with Crippen LogP contribution in [0.15, 0.2) is 35.2 Å². The van der Waals surface area contributed by atoms with Gasteiger partial charge in [0.05, 0.1) is 12.0 Å². The number of nitrogens with zero attached hydrogens (tertiary/aromatic N) is 2. The summed E-state index contributed by atoms with van der Waals surface area (Å²) in [6.07, 6.45) is 4.08. The van der Waals surface area contributed by atoms with Crippen molar-refractivity contribution in [3.05, 3.63) is 47.2 Å². The Labute approximate surface area is 167 Å². The Balaban J connectivity index is 1.60. The fourth-order valence-corrected chi connectivity index (χ4v) is 4.79. The number of anilines is 1. The van der Waals surface area contributed by atoms with Crippen molar-refractivity contribution in [1.82, 2.24) is 9.88 Å². The van der Waals surface area contributed by atoms with Crippen molar-refractivity contribution >= 4 is 15.7 Å². The van der Waals surface area contributed by atoms with Crippen molar-refractivity contribution < 1.29 is 13.2 Å². The molecule has 1 aromatic carbocycles. The van der Waals surface area contributed by atoms with E-state index in [0.29, 0.717) is 17.5 Å². The smallest absolute Gasteiger partial charge is 0.262 e. The first-order valence-corrected chi connectivity index (χ1v) is 11.4. The van der Waals surface area contributed by atoms with Crippen molar-refractivity contribution in [3.63, 3.8) is 0 Å². The number of benzene rings is 1. The molecule has 2 aromatic rings. The molecule has 0 unspecified atom stereocenters. The van der Waals surface area contributed by atoms with E-state index in [1.165, 1.54) is 25.5 Å². The van der Waals surface area contributed by atoms with E-state index in [9.17, 15) is 8.42 Å². The monoisotopic (exact) mass is 401 g/mol. The van der Waals surface area contributed by atoms with E-state index in [1.807, 2.05) is 18.2 Å². The minimum Gasteiger partial charge on any atom is -0.479 e. The second kappa shape index (κ2) is 7.72. The number of ether oxygens (including phenoxy) is 1. The molecule has 6 nitrogen and oxygen atoms in total. The second-order valence-corrected chi connectivity index (χ2v) is 9.22. The van der Waals surface area contributed by atoms with Gasteiger partial charge in [-0.2, -0.15) is 0 Å². The Morgan fingerprint density at radius 1 is 1.18 bits per heavy atom. The van der Waals surface area contributed by atoms with Crippen molar-refractivity contribution in [1.29, 1.82) is 0 Å². The van der Waals surface area contributed by atoms with Crippen LogP contribution in [0.25, 0.3) is 0 Å². The maximum Gasteiger partial charge on any atom is 0.262 e. The Morgan fingerprint density at radius 2 is 1.89 bits per heavy atom. The van der Waals surface area contributed by atoms with Crippen LogP contribution in [0.5, 0.6) is 5.88 Å². The van der Waals surface area contributed by atoms with E-state index in [2.05, 4.69) is 21.5 Å². The van der Waals surface area contributed by atoms with Crippen LogP contribution in [0.3, 0.4) is 0 Å². The standard InChI is InChI=1S/C21H27N3O3S/c1-3-24-12-10-17-14-20(21(27-2)22-19(17)11-13-24)23-28(25,26)18-8-6-16(7-9-18)15-4-5-15/h6-9,14-15,23H,3-5,10-13H2,1-2H3. The van der Waals surface area contributed by atoms with Crippen LogP contribution in [0.4, 0.5) is 5.69 Å². The van der Waals surface area contributed by atoms with E-state index >= 15 is 0 Å². The zero-order chi connectivity index (χ0) is 19.7. The summed E-state index contributed by atoms with van der Waals surface area (Å²) in [4.78, 5) is 7.24. The number of nitrogens with one attached hydrogen (secondary N) is 1. The first kappa shape index (κ1) is 19.2. The highest BCUT2D eigenvalue weighted by molar-refractivity contribution is 7.92. The maximum absolute atomic E-state index is 12.9. The Bertz CT molecular complexity index is 954. The summed E-state index contributed by atoms with van der Waals surface area (Å²) in [6, 6.07) is 9.07. The highest BCUT2D eigenvalue weighted by Crippen LogP contribution is 2.40. The number of sulfonamides is 1. The molecule has 1 aromatic heterocycles. The van der Waals surface area contributed by atoms with Crippen molar-refractivity contribution in [2.75, 3.05) is 31.5 Å². The van der Waals surface area contributed by atoms with Gasteiger partial charge in [-0.15, -0.1) is 0 Å². The van der Waals surface area contributed by atoms with E-state index in [1.54, 1.807) is 12.1 Å². The summed E-state index contributed by atoms with van der Waals surface area (Å²) in [6.45, 7) is 5.06. The lowest BCUT2D eigenvalue weighted by atomic mass is 10.1. The molecule has 0 radical (unpaired) electrons. The van der Waals surface area contributed by atoms with Crippen LogP contribution in [-0.2, 0) is 22.9 Å². The van der Waals surface area contributed by atoms with Gasteiger partial charge < -0.3 is 9.64 Å². The predicted molar refractivity (Wildman–Crippen MR) is 110 cm³/mol. The lowest BCUT2D eigenvalue weighted by molar-refractivity contribution is 0.303. The third-order valence-electron chi connectivity index (χ3n) is 5.64. The average Bonchev–Trinajstić information content (AvgIpc) is 3.54. The van der Waals surface area contributed by atoms with Gasteiger partial charge in [0.15, 0.2) is 0 Å². The van der Waals surface area contributed by atoms with Crippen LogP contribution in [0.2, 0.25) is 0 Å². The molecule has 0 spiro atoms. The van der Waals surface area contributed by atoms with Crippen LogP contribution < -0.4 is 9.46 Å². The summed E-state index contributed by atoms with van der Waals surface area (Å²) in [5.41, 5.74) is 3.68. The minimum absolute atomic E-state index is 0.256. The van der Waals surface area contributed by atoms with E-state index < -0.39 is 10.0 Å². The van der Waals surface area contributed by atoms with Crippen LogP contribution in [0, 0.1) is 0 Å². The number of aromatic nitrogens is 1. The number of rotatable bonds is 6. The molecule has 1 N–H and O–H groups in total. The molecule has 1 aliphatic heterocycles. The molecule has 0 amide bonds. The molecule has 2 heterocycles. The zero-order valence-electron chi connectivity index (χ0n) is 16.4. The summed E-state index contributed by atoms with van der Waals surface area (Å²) >= 11 is 0. The molecule has 0 atom stereocenters. The van der Waals surface area contributed by atoms with Crippen molar-refractivity contribution in [2.24, 2.45) is 0 Å². The maximum atomic E-state index is 12.9. The Kier molecular flexibility index (Phi) is 5.29. The molecule has 0 saturated heterocycles. The Hall–Kier alpha value is -2.12. The van der Waals surface area contributed by atoms with E-state index in [-0.39, 0.29) is 4.90 Å². The molecule has 1 aliphatic carbocycles. The third-order valence-corrected chi connectivity index (χ3v) is 7.02. The van der Waals surface area contributed by atoms with Crippen LogP contribution in [-0.4, -0.2) is 45.0 Å². The fraction of sp³-hybridized carbons (Fsp3) is 0.476. The first-order valence-electron chi connectivity index (χ1n) is 9.92.